The minimum atomic E-state index is -1.19. The number of pyridine rings is 2. The van der Waals surface area contributed by atoms with E-state index >= 15 is 0 Å². The van der Waals surface area contributed by atoms with Crippen LogP contribution in [0.2, 0.25) is 0 Å². The van der Waals surface area contributed by atoms with Crippen molar-refractivity contribution in [3.8, 4) is 6.07 Å². The van der Waals surface area contributed by atoms with Crippen LogP contribution in [0.4, 0.5) is 0 Å². The largest absolute Gasteiger partial charge is 0.339 e. The predicted molar refractivity (Wildman–Crippen MR) is 132 cm³/mol. The summed E-state index contributed by atoms with van der Waals surface area (Å²) in [6.45, 7) is 6.58. The van der Waals surface area contributed by atoms with Crippen LogP contribution in [0.15, 0.2) is 85.2 Å². The van der Waals surface area contributed by atoms with E-state index in [2.05, 4.69) is 36.8 Å². The Bertz CT molecular complexity index is 1260. The summed E-state index contributed by atoms with van der Waals surface area (Å²) in [5, 5.41) is 9.07. The molecule has 35 heavy (non-hydrogen) atoms. The third-order valence-electron chi connectivity index (χ3n) is 6.07. The van der Waals surface area contributed by atoms with Crippen LogP contribution < -0.4 is 0 Å². The van der Waals surface area contributed by atoms with Crippen molar-refractivity contribution in [3.05, 3.63) is 107 Å². The number of allylic oxidation sites excluding steroid dienone is 1. The summed E-state index contributed by atoms with van der Waals surface area (Å²) in [4.78, 5) is 39.5. The lowest BCUT2D eigenvalue weighted by atomic mass is 9.82. The number of amides is 1. The number of nitriles is 1. The van der Waals surface area contributed by atoms with Crippen LogP contribution in [-0.2, 0) is 10.3 Å². The highest BCUT2D eigenvalue weighted by atomic mass is 16.2. The summed E-state index contributed by atoms with van der Waals surface area (Å²) >= 11 is 0. The lowest BCUT2D eigenvalue weighted by Crippen LogP contribution is -2.46. The molecule has 176 valence electrons. The van der Waals surface area contributed by atoms with Crippen molar-refractivity contribution in [3.63, 3.8) is 0 Å². The Labute approximate surface area is 205 Å². The first-order valence-electron chi connectivity index (χ1n) is 11.3. The molecule has 1 aliphatic heterocycles. The van der Waals surface area contributed by atoms with Crippen molar-refractivity contribution in [1.82, 2.24) is 19.8 Å². The van der Waals surface area contributed by atoms with Gasteiger partial charge < -0.3 is 4.90 Å². The standard InChI is InChI=1S/C28H27N5O2/c1-27(2,3)19-33-25(17-24(34)21-7-5-20(18-29)6-8-21)32(4)28(26(33)35,22-9-13-30-14-10-22)23-11-15-31-16-12-23/h5-17H,19H2,1-4H3. The molecule has 0 spiro atoms. The third-order valence-corrected chi connectivity index (χ3v) is 6.07. The molecule has 7 nitrogen and oxygen atoms in total. The summed E-state index contributed by atoms with van der Waals surface area (Å²) in [5.41, 5.74) is 1.01. The van der Waals surface area contributed by atoms with Gasteiger partial charge in [0.1, 0.15) is 5.82 Å². The Hall–Kier alpha value is -4.31. The average Bonchev–Trinajstić information content (AvgIpc) is 3.05. The van der Waals surface area contributed by atoms with E-state index in [0.717, 1.165) is 11.1 Å². The molecule has 7 heteroatoms. The number of nitrogens with zero attached hydrogens (tertiary/aromatic N) is 5. The minimum Gasteiger partial charge on any atom is -0.339 e. The zero-order valence-corrected chi connectivity index (χ0v) is 20.3. The summed E-state index contributed by atoms with van der Waals surface area (Å²) in [7, 11) is 1.83. The maximum Gasteiger partial charge on any atom is 0.263 e. The topological polar surface area (TPSA) is 90.2 Å². The molecule has 0 saturated carbocycles. The summed E-state index contributed by atoms with van der Waals surface area (Å²) in [5.74, 6) is 0.113. The van der Waals surface area contributed by atoms with Crippen LogP contribution in [-0.4, -0.2) is 45.1 Å². The first-order chi connectivity index (χ1) is 16.7. The molecule has 1 aromatic carbocycles. The van der Waals surface area contributed by atoms with Gasteiger partial charge in [0.25, 0.3) is 5.91 Å². The van der Waals surface area contributed by atoms with Crippen molar-refractivity contribution in [1.29, 1.82) is 5.26 Å². The van der Waals surface area contributed by atoms with Crippen LogP contribution in [0.3, 0.4) is 0 Å². The molecule has 0 unspecified atom stereocenters. The van der Waals surface area contributed by atoms with Gasteiger partial charge in [0.2, 0.25) is 0 Å². The van der Waals surface area contributed by atoms with Crippen LogP contribution in [0.25, 0.3) is 0 Å². The molecule has 0 bridgehead atoms. The van der Waals surface area contributed by atoms with Gasteiger partial charge in [-0.1, -0.05) is 20.8 Å². The second kappa shape index (κ2) is 9.15. The van der Waals surface area contributed by atoms with Crippen LogP contribution in [0.1, 0.15) is 47.8 Å². The van der Waals surface area contributed by atoms with Crippen molar-refractivity contribution in [2.24, 2.45) is 5.41 Å². The predicted octanol–water partition coefficient (Wildman–Crippen LogP) is 4.14. The molecule has 2 aromatic heterocycles. The van der Waals surface area contributed by atoms with Gasteiger partial charge in [-0.2, -0.15) is 5.26 Å². The van der Waals surface area contributed by atoms with Gasteiger partial charge in [0, 0.05) is 50.0 Å². The monoisotopic (exact) mass is 465 g/mol. The second-order valence-electron chi connectivity index (χ2n) is 9.75. The van der Waals surface area contributed by atoms with Gasteiger partial charge in [-0.25, -0.2) is 0 Å². The molecule has 3 aromatic rings. The van der Waals surface area contributed by atoms with Crippen molar-refractivity contribution >= 4 is 11.7 Å². The highest BCUT2D eigenvalue weighted by molar-refractivity contribution is 6.06. The Morgan fingerprint density at radius 1 is 0.971 bits per heavy atom. The van der Waals surface area contributed by atoms with E-state index in [1.807, 2.05) is 36.2 Å². The van der Waals surface area contributed by atoms with E-state index < -0.39 is 5.54 Å². The molecular formula is C28H27N5O2. The van der Waals surface area contributed by atoms with Crippen molar-refractivity contribution < 1.29 is 9.59 Å². The maximum atomic E-state index is 14.4. The number of ketones is 1. The molecule has 1 fully saturated rings. The number of likely N-dealkylation sites (N-methyl/N-ethyl adjacent to an activating group) is 1. The summed E-state index contributed by atoms with van der Waals surface area (Å²) in [6.07, 6.45) is 8.16. The maximum absolute atomic E-state index is 14.4. The fraction of sp³-hybridized carbons (Fsp3) is 0.250. The van der Waals surface area contributed by atoms with E-state index in [9.17, 15) is 9.59 Å². The number of carbonyl (C=O) groups excluding carboxylic acids is 2. The molecule has 3 heterocycles. The molecule has 0 atom stereocenters. The highest BCUT2D eigenvalue weighted by Crippen LogP contribution is 2.46. The van der Waals surface area contributed by atoms with Crippen molar-refractivity contribution in [2.75, 3.05) is 13.6 Å². The minimum absolute atomic E-state index is 0.147. The van der Waals surface area contributed by atoms with E-state index in [-0.39, 0.29) is 17.1 Å². The van der Waals surface area contributed by atoms with E-state index in [1.54, 1.807) is 54.0 Å². The first-order valence-corrected chi connectivity index (χ1v) is 11.3. The number of benzene rings is 1. The van der Waals surface area contributed by atoms with Gasteiger partial charge in [0.15, 0.2) is 11.3 Å². The van der Waals surface area contributed by atoms with Crippen LogP contribution >= 0.6 is 0 Å². The average molecular weight is 466 g/mol. The van der Waals surface area contributed by atoms with E-state index in [0.29, 0.717) is 23.5 Å². The van der Waals surface area contributed by atoms with Gasteiger partial charge in [-0.05, 0) is 65.1 Å². The molecule has 0 radical (unpaired) electrons. The Morgan fingerprint density at radius 2 is 1.49 bits per heavy atom. The Morgan fingerprint density at radius 3 is 1.94 bits per heavy atom. The normalized spacial score (nSPS) is 16.4. The highest BCUT2D eigenvalue weighted by Gasteiger charge is 2.56. The first kappa shape index (κ1) is 23.8. The van der Waals surface area contributed by atoms with Gasteiger partial charge >= 0.3 is 0 Å². The quantitative estimate of drug-likeness (QED) is 0.416. The molecule has 0 aliphatic carbocycles. The van der Waals surface area contributed by atoms with Gasteiger partial charge in [0.05, 0.1) is 11.6 Å². The molecular weight excluding hydrogens is 438 g/mol. The van der Waals surface area contributed by atoms with Gasteiger partial charge in [-0.3, -0.25) is 24.5 Å². The number of rotatable bonds is 5. The van der Waals surface area contributed by atoms with Crippen LogP contribution in [0, 0.1) is 16.7 Å². The second-order valence-corrected chi connectivity index (χ2v) is 9.75. The van der Waals surface area contributed by atoms with Crippen molar-refractivity contribution in [2.45, 2.75) is 26.3 Å². The summed E-state index contributed by atoms with van der Waals surface area (Å²) < 4.78 is 0. The summed E-state index contributed by atoms with van der Waals surface area (Å²) in [6, 6.07) is 15.9. The zero-order valence-electron chi connectivity index (χ0n) is 20.3. The fourth-order valence-electron chi connectivity index (χ4n) is 4.49. The third kappa shape index (κ3) is 4.31. The smallest absolute Gasteiger partial charge is 0.263 e. The number of hydrogen-bond acceptors (Lipinski definition) is 6. The number of aromatic nitrogens is 2. The Balaban J connectivity index is 1.91. The zero-order chi connectivity index (χ0) is 25.2. The molecule has 4 rings (SSSR count). The fourth-order valence-corrected chi connectivity index (χ4v) is 4.49. The lowest BCUT2D eigenvalue weighted by molar-refractivity contribution is -0.132. The molecule has 1 saturated heterocycles. The lowest BCUT2D eigenvalue weighted by Gasteiger charge is -2.35. The SMILES string of the molecule is CN1C(=CC(=O)c2ccc(C#N)cc2)N(CC(C)(C)C)C(=O)C1(c1ccncc1)c1ccncc1. The molecule has 0 N–H and O–H groups in total. The van der Waals surface area contributed by atoms with Crippen LogP contribution in [0.5, 0.6) is 0 Å². The van der Waals surface area contributed by atoms with E-state index in [4.69, 9.17) is 5.26 Å². The molecule has 1 amide bonds. The number of hydrogen-bond donors (Lipinski definition) is 0. The number of carbonyl (C=O) groups is 2. The molecule has 1 aliphatic rings. The van der Waals surface area contributed by atoms with Gasteiger partial charge in [-0.15, -0.1) is 0 Å². The van der Waals surface area contributed by atoms with E-state index in [1.165, 1.54) is 6.08 Å². The Kier molecular flexibility index (Phi) is 6.23.